The monoisotopic (exact) mass is 362 g/mol. The van der Waals surface area contributed by atoms with Crippen molar-refractivity contribution in [2.45, 2.75) is 36.4 Å². The summed E-state index contributed by atoms with van der Waals surface area (Å²) in [5.74, 6) is 0.656. The van der Waals surface area contributed by atoms with Crippen molar-refractivity contribution in [3.05, 3.63) is 45.9 Å². The van der Waals surface area contributed by atoms with Gasteiger partial charge < -0.3 is 9.64 Å². The van der Waals surface area contributed by atoms with Gasteiger partial charge in [-0.1, -0.05) is 23.9 Å². The summed E-state index contributed by atoms with van der Waals surface area (Å²) >= 11 is 1.49. The van der Waals surface area contributed by atoms with Crippen molar-refractivity contribution in [3.8, 4) is 0 Å². The first kappa shape index (κ1) is 17.8. The summed E-state index contributed by atoms with van der Waals surface area (Å²) in [4.78, 5) is 25.4. The van der Waals surface area contributed by atoms with Crippen LogP contribution in [0, 0.1) is 0 Å². The van der Waals surface area contributed by atoms with E-state index in [-0.39, 0.29) is 17.7 Å². The Morgan fingerprint density at radius 1 is 1.40 bits per heavy atom. The molecule has 0 saturated carbocycles. The first-order valence-corrected chi connectivity index (χ1v) is 9.23. The molecule has 25 heavy (non-hydrogen) atoms. The van der Waals surface area contributed by atoms with Gasteiger partial charge in [-0.25, -0.2) is 9.89 Å². The molecule has 0 radical (unpaired) electrons. The minimum absolute atomic E-state index is 0.0168. The molecule has 1 unspecified atom stereocenters. The van der Waals surface area contributed by atoms with Crippen LogP contribution < -0.4 is 5.69 Å². The second kappa shape index (κ2) is 7.88. The van der Waals surface area contributed by atoms with E-state index in [4.69, 9.17) is 4.74 Å². The molecular formula is C17H22N4O3S. The van der Waals surface area contributed by atoms with E-state index in [1.54, 1.807) is 23.6 Å². The number of ether oxygens (including phenoxy) is 1. The van der Waals surface area contributed by atoms with Crippen molar-refractivity contribution in [3.63, 3.8) is 0 Å². The summed E-state index contributed by atoms with van der Waals surface area (Å²) in [5, 5.41) is 7.29. The van der Waals surface area contributed by atoms with Gasteiger partial charge in [0.05, 0.1) is 12.6 Å². The van der Waals surface area contributed by atoms with Crippen molar-refractivity contribution in [1.82, 2.24) is 19.7 Å². The van der Waals surface area contributed by atoms with E-state index in [2.05, 4.69) is 10.2 Å². The Hall–Kier alpha value is -2.06. The molecule has 1 amide bonds. The fourth-order valence-electron chi connectivity index (χ4n) is 2.72. The molecule has 1 aromatic heterocycles. The number of rotatable bonds is 6. The third kappa shape index (κ3) is 4.32. The van der Waals surface area contributed by atoms with Crippen LogP contribution in [0.3, 0.4) is 0 Å². The van der Waals surface area contributed by atoms with Crippen LogP contribution in [0.4, 0.5) is 0 Å². The Balaban J connectivity index is 1.63. The Morgan fingerprint density at radius 3 is 2.80 bits per heavy atom. The van der Waals surface area contributed by atoms with E-state index in [0.29, 0.717) is 23.0 Å². The molecule has 1 aliphatic heterocycles. The predicted molar refractivity (Wildman–Crippen MR) is 95.8 cm³/mol. The molecule has 0 bridgehead atoms. The maximum atomic E-state index is 12.0. The molecule has 0 aliphatic carbocycles. The molecule has 3 rings (SSSR count). The topological polar surface area (TPSA) is 80.2 Å². The molecule has 1 fully saturated rings. The normalized spacial score (nSPS) is 17.0. The van der Waals surface area contributed by atoms with Gasteiger partial charge >= 0.3 is 5.69 Å². The molecule has 1 aromatic carbocycles. The molecule has 1 aliphatic rings. The lowest BCUT2D eigenvalue weighted by atomic mass is 10.1. The van der Waals surface area contributed by atoms with E-state index in [0.717, 1.165) is 25.0 Å². The number of aromatic nitrogens is 3. The predicted octanol–water partition coefficient (Wildman–Crippen LogP) is 1.74. The molecule has 2 aromatic rings. The number of nitrogens with one attached hydrogen (secondary N) is 1. The van der Waals surface area contributed by atoms with Crippen molar-refractivity contribution >= 4 is 17.7 Å². The molecule has 1 saturated heterocycles. The highest BCUT2D eigenvalue weighted by atomic mass is 32.2. The number of carbonyl (C=O) groups excluding carboxylic acids is 1. The maximum absolute atomic E-state index is 12.0. The van der Waals surface area contributed by atoms with Crippen LogP contribution in [0.2, 0.25) is 0 Å². The zero-order valence-electron chi connectivity index (χ0n) is 14.4. The fraction of sp³-hybridized carbons (Fsp3) is 0.471. The standard InChI is InChI=1S/C17H22N4O3S/c1-20(2)15(22)13-7-5-12(6-8-13)11-25-17-19-18-16(23)21(17)10-14-4-3-9-24-14/h5-8,14H,3-4,9-11H2,1-2H3,(H,18,23). The minimum atomic E-state index is -0.204. The lowest BCUT2D eigenvalue weighted by Crippen LogP contribution is -2.24. The van der Waals surface area contributed by atoms with E-state index >= 15 is 0 Å². The number of nitrogens with zero attached hydrogens (tertiary/aromatic N) is 3. The van der Waals surface area contributed by atoms with Crippen LogP contribution >= 0.6 is 11.8 Å². The van der Waals surface area contributed by atoms with E-state index in [1.807, 2.05) is 24.3 Å². The van der Waals surface area contributed by atoms with Gasteiger partial charge in [0, 0.05) is 32.0 Å². The first-order chi connectivity index (χ1) is 12.0. The molecule has 2 heterocycles. The number of amides is 1. The highest BCUT2D eigenvalue weighted by molar-refractivity contribution is 7.98. The Morgan fingerprint density at radius 2 is 2.16 bits per heavy atom. The quantitative estimate of drug-likeness (QED) is 0.792. The van der Waals surface area contributed by atoms with Gasteiger partial charge in [0.1, 0.15) is 0 Å². The molecule has 7 nitrogen and oxygen atoms in total. The van der Waals surface area contributed by atoms with Crippen LogP contribution in [0.1, 0.15) is 28.8 Å². The minimum Gasteiger partial charge on any atom is -0.376 e. The summed E-state index contributed by atoms with van der Waals surface area (Å²) in [5.41, 5.74) is 1.53. The van der Waals surface area contributed by atoms with Gasteiger partial charge in [0.25, 0.3) is 5.91 Å². The second-order valence-electron chi connectivity index (χ2n) is 6.24. The van der Waals surface area contributed by atoms with Gasteiger partial charge in [-0.3, -0.25) is 9.36 Å². The lowest BCUT2D eigenvalue weighted by molar-refractivity contribution is 0.0827. The van der Waals surface area contributed by atoms with E-state index < -0.39 is 0 Å². The largest absolute Gasteiger partial charge is 0.376 e. The first-order valence-electron chi connectivity index (χ1n) is 8.25. The summed E-state index contributed by atoms with van der Waals surface area (Å²) < 4.78 is 7.25. The average molecular weight is 362 g/mol. The fourth-order valence-corrected chi connectivity index (χ4v) is 3.63. The van der Waals surface area contributed by atoms with Crippen LogP contribution in [-0.4, -0.2) is 52.4 Å². The van der Waals surface area contributed by atoms with E-state index in [1.165, 1.54) is 11.8 Å². The third-order valence-electron chi connectivity index (χ3n) is 4.11. The van der Waals surface area contributed by atoms with Crippen molar-refractivity contribution < 1.29 is 9.53 Å². The highest BCUT2D eigenvalue weighted by Gasteiger charge is 2.19. The van der Waals surface area contributed by atoms with Crippen LogP contribution in [0.25, 0.3) is 0 Å². The molecule has 134 valence electrons. The Bertz CT molecular complexity index is 776. The zero-order chi connectivity index (χ0) is 17.8. The average Bonchev–Trinajstić information content (AvgIpc) is 3.24. The third-order valence-corrected chi connectivity index (χ3v) is 5.16. The van der Waals surface area contributed by atoms with Gasteiger partial charge in [0.15, 0.2) is 5.16 Å². The summed E-state index contributed by atoms with van der Waals surface area (Å²) in [6.07, 6.45) is 2.10. The Kier molecular flexibility index (Phi) is 5.60. The van der Waals surface area contributed by atoms with Gasteiger partial charge in [-0.2, -0.15) is 0 Å². The number of benzene rings is 1. The number of aromatic amines is 1. The number of hydrogen-bond donors (Lipinski definition) is 1. The van der Waals surface area contributed by atoms with Crippen molar-refractivity contribution in [2.24, 2.45) is 0 Å². The number of H-pyrrole nitrogens is 1. The molecular weight excluding hydrogens is 340 g/mol. The van der Waals surface area contributed by atoms with Crippen molar-refractivity contribution in [1.29, 1.82) is 0 Å². The summed E-state index contributed by atoms with van der Waals surface area (Å²) in [6.45, 7) is 1.30. The number of carbonyl (C=O) groups is 1. The maximum Gasteiger partial charge on any atom is 0.344 e. The van der Waals surface area contributed by atoms with Crippen LogP contribution in [-0.2, 0) is 17.0 Å². The summed E-state index contributed by atoms with van der Waals surface area (Å²) in [6, 6.07) is 7.50. The number of hydrogen-bond acceptors (Lipinski definition) is 5. The lowest BCUT2D eigenvalue weighted by Gasteiger charge is -2.11. The molecule has 1 atom stereocenters. The van der Waals surface area contributed by atoms with Crippen LogP contribution in [0.15, 0.2) is 34.2 Å². The molecule has 0 spiro atoms. The van der Waals surface area contributed by atoms with Gasteiger partial charge in [-0.05, 0) is 30.5 Å². The van der Waals surface area contributed by atoms with Gasteiger partial charge in [0.2, 0.25) is 0 Å². The second-order valence-corrected chi connectivity index (χ2v) is 7.18. The van der Waals surface area contributed by atoms with Gasteiger partial charge in [-0.15, -0.1) is 5.10 Å². The SMILES string of the molecule is CN(C)C(=O)c1ccc(CSc2n[nH]c(=O)n2CC2CCCO2)cc1. The van der Waals surface area contributed by atoms with Crippen LogP contribution in [0.5, 0.6) is 0 Å². The molecule has 8 heteroatoms. The van der Waals surface area contributed by atoms with E-state index in [9.17, 15) is 9.59 Å². The zero-order valence-corrected chi connectivity index (χ0v) is 15.2. The number of thioether (sulfide) groups is 1. The van der Waals surface area contributed by atoms with Crippen molar-refractivity contribution in [2.75, 3.05) is 20.7 Å². The summed E-state index contributed by atoms with van der Waals surface area (Å²) in [7, 11) is 3.47. The Labute approximate surface area is 150 Å². The highest BCUT2D eigenvalue weighted by Crippen LogP contribution is 2.22. The molecule has 1 N–H and O–H groups in total. The smallest absolute Gasteiger partial charge is 0.344 e.